The van der Waals surface area contributed by atoms with Crippen molar-refractivity contribution in [2.24, 2.45) is 0 Å². The van der Waals surface area contributed by atoms with Gasteiger partial charge in [-0.1, -0.05) is 22.0 Å². The normalized spacial score (nSPS) is 10.4. The number of rotatable bonds is 2. The summed E-state index contributed by atoms with van der Waals surface area (Å²) in [6, 6.07) is 5.52. The third kappa shape index (κ3) is 2.20. The van der Waals surface area contributed by atoms with E-state index in [0.717, 1.165) is 16.3 Å². The lowest BCUT2D eigenvalue weighted by atomic mass is 10.2. The molecule has 0 aromatic heterocycles. The van der Waals surface area contributed by atoms with Gasteiger partial charge >= 0.3 is 0 Å². The van der Waals surface area contributed by atoms with Gasteiger partial charge in [-0.05, 0) is 29.8 Å². The van der Waals surface area contributed by atoms with Crippen molar-refractivity contribution < 1.29 is 4.79 Å². The highest BCUT2D eigenvalue weighted by Gasteiger charge is 1.94. The second-order valence-electron chi connectivity index (χ2n) is 2.27. The second kappa shape index (κ2) is 4.07. The Morgan fingerprint density at radius 2 is 2.17 bits per heavy atom. The van der Waals surface area contributed by atoms with E-state index in [9.17, 15) is 4.79 Å². The molecule has 0 saturated carbocycles. The van der Waals surface area contributed by atoms with E-state index < -0.39 is 0 Å². The number of benzene rings is 1. The van der Waals surface area contributed by atoms with Crippen LogP contribution >= 0.6 is 15.9 Å². The van der Waals surface area contributed by atoms with Crippen molar-refractivity contribution in [3.63, 3.8) is 0 Å². The van der Waals surface area contributed by atoms with Gasteiger partial charge in [-0.3, -0.25) is 4.79 Å². The molecule has 0 atom stereocenters. The van der Waals surface area contributed by atoms with Crippen molar-refractivity contribution >= 4 is 34.0 Å². The topological polar surface area (TPSA) is 43.1 Å². The van der Waals surface area contributed by atoms with Gasteiger partial charge in [0, 0.05) is 10.2 Å². The minimum atomic E-state index is 0.655. The molecule has 0 aliphatic rings. The van der Waals surface area contributed by atoms with Crippen molar-refractivity contribution in [2.75, 3.05) is 5.73 Å². The summed E-state index contributed by atoms with van der Waals surface area (Å²) in [6.45, 7) is 0. The summed E-state index contributed by atoms with van der Waals surface area (Å²) in [6.07, 6.45) is 3.82. The van der Waals surface area contributed by atoms with Crippen LogP contribution in [-0.4, -0.2) is 6.29 Å². The average molecular weight is 226 g/mol. The van der Waals surface area contributed by atoms with E-state index in [2.05, 4.69) is 15.9 Å². The maximum atomic E-state index is 10.0. The Bertz CT molecular complexity index is 320. The molecule has 0 fully saturated rings. The minimum Gasteiger partial charge on any atom is -0.398 e. The fourth-order valence-electron chi connectivity index (χ4n) is 0.840. The molecule has 3 heteroatoms. The van der Waals surface area contributed by atoms with E-state index in [-0.39, 0.29) is 0 Å². The summed E-state index contributed by atoms with van der Waals surface area (Å²) in [7, 11) is 0. The molecule has 2 N–H and O–H groups in total. The molecule has 0 aliphatic heterocycles. The zero-order valence-electron chi connectivity index (χ0n) is 6.33. The molecule has 62 valence electrons. The van der Waals surface area contributed by atoms with Crippen LogP contribution in [0.4, 0.5) is 5.69 Å². The van der Waals surface area contributed by atoms with Gasteiger partial charge in [0.15, 0.2) is 0 Å². The van der Waals surface area contributed by atoms with Gasteiger partial charge in [-0.2, -0.15) is 0 Å². The number of nitrogen functional groups attached to an aromatic ring is 1. The number of hydrogen-bond donors (Lipinski definition) is 1. The quantitative estimate of drug-likeness (QED) is 0.477. The number of anilines is 1. The Labute approximate surface area is 79.2 Å². The van der Waals surface area contributed by atoms with Crippen molar-refractivity contribution in [1.82, 2.24) is 0 Å². The van der Waals surface area contributed by atoms with Crippen molar-refractivity contribution in [3.05, 3.63) is 34.3 Å². The van der Waals surface area contributed by atoms with Gasteiger partial charge in [-0.15, -0.1) is 0 Å². The van der Waals surface area contributed by atoms with Crippen molar-refractivity contribution in [3.8, 4) is 0 Å². The lowest BCUT2D eigenvalue weighted by Gasteiger charge is -1.99. The number of nitrogens with two attached hydrogens (primary N) is 1. The molecule has 12 heavy (non-hydrogen) atoms. The first-order chi connectivity index (χ1) is 5.74. The van der Waals surface area contributed by atoms with Gasteiger partial charge in [0.05, 0.1) is 0 Å². The molecule has 0 radical (unpaired) electrons. The zero-order valence-corrected chi connectivity index (χ0v) is 7.91. The molecular weight excluding hydrogens is 218 g/mol. The molecule has 0 bridgehead atoms. The van der Waals surface area contributed by atoms with E-state index in [0.29, 0.717) is 5.69 Å². The predicted molar refractivity (Wildman–Crippen MR) is 53.7 cm³/mol. The lowest BCUT2D eigenvalue weighted by molar-refractivity contribution is -0.104. The second-order valence-corrected chi connectivity index (χ2v) is 3.18. The van der Waals surface area contributed by atoms with Crippen LogP contribution < -0.4 is 5.73 Å². The van der Waals surface area contributed by atoms with Gasteiger partial charge in [-0.25, -0.2) is 0 Å². The van der Waals surface area contributed by atoms with Gasteiger partial charge in [0.2, 0.25) is 0 Å². The summed E-state index contributed by atoms with van der Waals surface area (Å²) in [5.74, 6) is 0. The highest BCUT2D eigenvalue weighted by atomic mass is 79.9. The first-order valence-electron chi connectivity index (χ1n) is 3.41. The molecule has 0 amide bonds. The number of carbonyl (C=O) groups is 1. The number of halogens is 1. The monoisotopic (exact) mass is 225 g/mol. The molecule has 0 spiro atoms. The molecule has 0 unspecified atom stereocenters. The van der Waals surface area contributed by atoms with Gasteiger partial charge in [0.1, 0.15) is 6.29 Å². The van der Waals surface area contributed by atoms with Crippen LogP contribution in [0.15, 0.2) is 28.7 Å². The molecule has 0 saturated heterocycles. The fraction of sp³-hybridized carbons (Fsp3) is 0. The van der Waals surface area contributed by atoms with Crippen LogP contribution in [-0.2, 0) is 4.79 Å². The Morgan fingerprint density at radius 3 is 2.75 bits per heavy atom. The SMILES string of the molecule is Nc1cc(Br)ccc1/C=C/C=O. The largest absolute Gasteiger partial charge is 0.398 e. The maximum absolute atomic E-state index is 10.0. The van der Waals surface area contributed by atoms with E-state index in [1.807, 2.05) is 12.1 Å². The Morgan fingerprint density at radius 1 is 1.42 bits per heavy atom. The molecular formula is C9H8BrNO. The Hall–Kier alpha value is -1.09. The molecule has 1 aromatic rings. The molecule has 1 rings (SSSR count). The molecule has 1 aromatic carbocycles. The number of aldehydes is 1. The van der Waals surface area contributed by atoms with Crippen LogP contribution in [0.2, 0.25) is 0 Å². The smallest absolute Gasteiger partial charge is 0.142 e. The fourth-order valence-corrected chi connectivity index (χ4v) is 1.22. The van der Waals surface area contributed by atoms with Gasteiger partial charge in [0.25, 0.3) is 0 Å². The average Bonchev–Trinajstić information content (AvgIpc) is 2.03. The van der Waals surface area contributed by atoms with E-state index in [1.54, 1.807) is 12.1 Å². The van der Waals surface area contributed by atoms with Crippen molar-refractivity contribution in [1.29, 1.82) is 0 Å². The molecule has 0 heterocycles. The van der Waals surface area contributed by atoms with Crippen LogP contribution in [0.25, 0.3) is 6.08 Å². The van der Waals surface area contributed by atoms with Crippen LogP contribution in [0.5, 0.6) is 0 Å². The summed E-state index contributed by atoms with van der Waals surface area (Å²) < 4.78 is 0.934. The Balaban J connectivity index is 3.01. The number of allylic oxidation sites excluding steroid dienone is 1. The summed E-state index contributed by atoms with van der Waals surface area (Å²) in [5, 5.41) is 0. The first kappa shape index (κ1) is 9.00. The van der Waals surface area contributed by atoms with Crippen LogP contribution in [0.1, 0.15) is 5.56 Å². The van der Waals surface area contributed by atoms with E-state index in [4.69, 9.17) is 5.73 Å². The zero-order chi connectivity index (χ0) is 8.97. The maximum Gasteiger partial charge on any atom is 0.142 e. The minimum absolute atomic E-state index is 0.655. The third-order valence-electron chi connectivity index (χ3n) is 1.40. The highest BCUT2D eigenvalue weighted by Crippen LogP contribution is 2.19. The molecule has 2 nitrogen and oxygen atoms in total. The summed E-state index contributed by atoms with van der Waals surface area (Å²) in [5.41, 5.74) is 7.17. The van der Waals surface area contributed by atoms with E-state index in [1.165, 1.54) is 6.08 Å². The number of carbonyl (C=O) groups excluding carboxylic acids is 1. The predicted octanol–water partition coefficient (Wildman–Crippen LogP) is 2.24. The lowest BCUT2D eigenvalue weighted by Crippen LogP contribution is -1.88. The van der Waals surface area contributed by atoms with E-state index >= 15 is 0 Å². The first-order valence-corrected chi connectivity index (χ1v) is 4.20. The van der Waals surface area contributed by atoms with Crippen LogP contribution in [0.3, 0.4) is 0 Å². The summed E-state index contributed by atoms with van der Waals surface area (Å²) in [4.78, 5) is 10.0. The highest BCUT2D eigenvalue weighted by molar-refractivity contribution is 9.10. The molecule has 0 aliphatic carbocycles. The Kier molecular flexibility index (Phi) is 3.05. The van der Waals surface area contributed by atoms with Crippen LogP contribution in [0, 0.1) is 0 Å². The third-order valence-corrected chi connectivity index (χ3v) is 1.90. The number of hydrogen-bond acceptors (Lipinski definition) is 2. The van der Waals surface area contributed by atoms with Gasteiger partial charge < -0.3 is 5.73 Å². The van der Waals surface area contributed by atoms with Crippen molar-refractivity contribution in [2.45, 2.75) is 0 Å². The summed E-state index contributed by atoms with van der Waals surface area (Å²) >= 11 is 3.29. The standard InChI is InChI=1S/C9H8BrNO/c10-8-4-3-7(2-1-5-12)9(11)6-8/h1-6H,11H2/b2-1+.